The van der Waals surface area contributed by atoms with Crippen LogP contribution in [0.15, 0.2) is 0 Å². The van der Waals surface area contributed by atoms with E-state index in [4.69, 9.17) is 5.73 Å². The first-order valence-corrected chi connectivity index (χ1v) is 3.45. The van der Waals surface area contributed by atoms with Crippen molar-refractivity contribution >= 4 is 5.91 Å². The summed E-state index contributed by atoms with van der Waals surface area (Å²) in [6.07, 6.45) is 3.03. The van der Waals surface area contributed by atoms with E-state index in [1.807, 2.05) is 0 Å². The molecule has 9 heavy (non-hydrogen) atoms. The minimum absolute atomic E-state index is 0.0694. The summed E-state index contributed by atoms with van der Waals surface area (Å²) in [4.78, 5) is 10.5. The van der Waals surface area contributed by atoms with E-state index in [0.29, 0.717) is 5.92 Å². The Hall–Kier alpha value is -0.530. The van der Waals surface area contributed by atoms with Gasteiger partial charge in [0.25, 0.3) is 0 Å². The van der Waals surface area contributed by atoms with Gasteiger partial charge in [-0.2, -0.15) is 0 Å². The van der Waals surface area contributed by atoms with Crippen molar-refractivity contribution < 1.29 is 4.79 Å². The van der Waals surface area contributed by atoms with Crippen molar-refractivity contribution in [3.05, 3.63) is 0 Å². The number of rotatable bonds is 1. The van der Waals surface area contributed by atoms with Crippen LogP contribution >= 0.6 is 0 Å². The lowest BCUT2D eigenvalue weighted by molar-refractivity contribution is -0.122. The second-order valence-electron chi connectivity index (χ2n) is 2.98. The summed E-state index contributed by atoms with van der Waals surface area (Å²) < 4.78 is 0. The summed E-state index contributed by atoms with van der Waals surface area (Å²) in [6.45, 7) is 2.14. The van der Waals surface area contributed by atoms with Gasteiger partial charge in [0.1, 0.15) is 0 Å². The normalized spacial score (nSPS) is 34.8. The molecule has 1 amide bonds. The first kappa shape index (κ1) is 6.59. The van der Waals surface area contributed by atoms with Crippen LogP contribution in [0.25, 0.3) is 0 Å². The molecule has 2 nitrogen and oxygen atoms in total. The van der Waals surface area contributed by atoms with E-state index in [0.717, 1.165) is 19.3 Å². The van der Waals surface area contributed by atoms with Gasteiger partial charge in [0.2, 0.25) is 5.91 Å². The van der Waals surface area contributed by atoms with E-state index in [2.05, 4.69) is 6.92 Å². The molecule has 0 aromatic rings. The summed E-state index contributed by atoms with van der Waals surface area (Å²) in [5, 5.41) is 0. The third kappa shape index (κ3) is 1.44. The van der Waals surface area contributed by atoms with Crippen molar-refractivity contribution in [2.24, 2.45) is 11.8 Å². The van der Waals surface area contributed by atoms with Gasteiger partial charge in [-0.3, -0.25) is 10.5 Å². The van der Waals surface area contributed by atoms with E-state index in [1.54, 1.807) is 0 Å². The van der Waals surface area contributed by atoms with Crippen molar-refractivity contribution in [2.45, 2.75) is 26.2 Å². The van der Waals surface area contributed by atoms with E-state index in [9.17, 15) is 4.79 Å². The Balaban J connectivity index is 2.39. The first-order chi connectivity index (χ1) is 4.20. The van der Waals surface area contributed by atoms with Crippen LogP contribution in [0, 0.1) is 11.8 Å². The zero-order chi connectivity index (χ0) is 6.85. The average molecular weight is 126 g/mol. The first-order valence-electron chi connectivity index (χ1n) is 3.45. The van der Waals surface area contributed by atoms with Crippen molar-refractivity contribution in [3.8, 4) is 0 Å². The molecule has 0 aromatic carbocycles. The Morgan fingerprint density at radius 2 is 2.22 bits per heavy atom. The number of amides is 1. The van der Waals surface area contributed by atoms with Crippen LogP contribution in [0.4, 0.5) is 0 Å². The molecule has 1 aliphatic rings. The Morgan fingerprint density at radius 3 is 2.44 bits per heavy atom. The lowest BCUT2D eigenvalue weighted by atomic mass is 10.1. The summed E-state index contributed by atoms with van der Waals surface area (Å²) in [7, 11) is 0. The molecule has 51 valence electrons. The molecule has 1 saturated carbocycles. The van der Waals surface area contributed by atoms with E-state index in [1.165, 1.54) is 0 Å². The fourth-order valence-electron chi connectivity index (χ4n) is 1.45. The molecule has 0 aromatic heterocycles. The van der Waals surface area contributed by atoms with Crippen LogP contribution in [-0.2, 0) is 4.79 Å². The molecule has 2 heteroatoms. The third-order valence-corrected chi connectivity index (χ3v) is 2.07. The van der Waals surface area contributed by atoms with Crippen LogP contribution in [0.2, 0.25) is 0 Å². The lowest BCUT2D eigenvalue weighted by Crippen LogP contribution is -2.10. The molecule has 1 N–H and O–H groups in total. The summed E-state index contributed by atoms with van der Waals surface area (Å²) in [5.41, 5.74) is 6.83. The average Bonchev–Trinajstić information content (AvgIpc) is 2.14. The van der Waals surface area contributed by atoms with Gasteiger partial charge in [0.15, 0.2) is 0 Å². The maximum atomic E-state index is 10.5. The standard InChI is InChI=1S/C7H12NO/c1-5-2-3-6(4-5)7(8)9/h5-6,8H,2-4H2,1H3. The second-order valence-corrected chi connectivity index (χ2v) is 2.98. The minimum atomic E-state index is -0.362. The van der Waals surface area contributed by atoms with Crippen molar-refractivity contribution in [2.75, 3.05) is 0 Å². The van der Waals surface area contributed by atoms with Crippen LogP contribution in [-0.4, -0.2) is 5.91 Å². The highest BCUT2D eigenvalue weighted by molar-refractivity contribution is 5.76. The molecule has 1 rings (SSSR count). The molecule has 0 aliphatic heterocycles. The lowest BCUT2D eigenvalue weighted by Gasteiger charge is -2.00. The Labute approximate surface area is 55.4 Å². The quantitative estimate of drug-likeness (QED) is 0.521. The highest BCUT2D eigenvalue weighted by Crippen LogP contribution is 2.29. The van der Waals surface area contributed by atoms with Crippen molar-refractivity contribution in [1.29, 1.82) is 0 Å². The fourth-order valence-corrected chi connectivity index (χ4v) is 1.45. The van der Waals surface area contributed by atoms with Gasteiger partial charge >= 0.3 is 0 Å². The molecule has 1 radical (unpaired) electrons. The number of carbonyl (C=O) groups excluding carboxylic acids is 1. The van der Waals surface area contributed by atoms with Crippen LogP contribution in [0.1, 0.15) is 26.2 Å². The van der Waals surface area contributed by atoms with Gasteiger partial charge in [-0.05, 0) is 25.2 Å². The molecule has 0 spiro atoms. The summed E-state index contributed by atoms with van der Waals surface area (Å²) in [6, 6.07) is 0. The molecule has 1 fully saturated rings. The molecular formula is C7H12NO. The van der Waals surface area contributed by atoms with Crippen LogP contribution in [0.5, 0.6) is 0 Å². The summed E-state index contributed by atoms with van der Waals surface area (Å²) >= 11 is 0. The highest BCUT2D eigenvalue weighted by atomic mass is 16.1. The Kier molecular flexibility index (Phi) is 1.74. The maximum Gasteiger partial charge on any atom is 0.241 e. The van der Waals surface area contributed by atoms with E-state index >= 15 is 0 Å². The Bertz CT molecular complexity index is 122. The van der Waals surface area contributed by atoms with Gasteiger partial charge < -0.3 is 0 Å². The molecule has 0 saturated heterocycles. The zero-order valence-corrected chi connectivity index (χ0v) is 5.68. The van der Waals surface area contributed by atoms with Gasteiger partial charge in [0.05, 0.1) is 0 Å². The molecule has 2 atom stereocenters. The fraction of sp³-hybridized carbons (Fsp3) is 0.857. The number of nitrogens with one attached hydrogen (secondary N) is 1. The second kappa shape index (κ2) is 2.38. The molecule has 0 bridgehead atoms. The van der Waals surface area contributed by atoms with Gasteiger partial charge in [-0.25, -0.2) is 0 Å². The monoisotopic (exact) mass is 126 g/mol. The molecule has 0 heterocycles. The third-order valence-electron chi connectivity index (χ3n) is 2.07. The number of hydrogen-bond acceptors (Lipinski definition) is 1. The highest BCUT2D eigenvalue weighted by Gasteiger charge is 2.25. The van der Waals surface area contributed by atoms with E-state index < -0.39 is 0 Å². The number of hydrogen-bond donors (Lipinski definition) is 0. The maximum absolute atomic E-state index is 10.5. The Morgan fingerprint density at radius 1 is 1.56 bits per heavy atom. The van der Waals surface area contributed by atoms with E-state index in [-0.39, 0.29) is 11.8 Å². The SMILES string of the molecule is CC1CCC(C([NH])=O)C1. The van der Waals surface area contributed by atoms with Crippen molar-refractivity contribution in [1.82, 2.24) is 5.73 Å². The number of carbonyl (C=O) groups is 1. The molecular weight excluding hydrogens is 114 g/mol. The van der Waals surface area contributed by atoms with Gasteiger partial charge in [0, 0.05) is 5.92 Å². The van der Waals surface area contributed by atoms with Gasteiger partial charge in [-0.15, -0.1) is 0 Å². The minimum Gasteiger partial charge on any atom is -0.273 e. The zero-order valence-electron chi connectivity index (χ0n) is 5.68. The molecule has 1 aliphatic carbocycles. The molecule has 2 unspecified atom stereocenters. The largest absolute Gasteiger partial charge is 0.273 e. The smallest absolute Gasteiger partial charge is 0.241 e. The van der Waals surface area contributed by atoms with Crippen molar-refractivity contribution in [3.63, 3.8) is 0 Å². The summed E-state index contributed by atoms with van der Waals surface area (Å²) in [5.74, 6) is 0.378. The topological polar surface area (TPSA) is 40.9 Å². The predicted octanol–water partition coefficient (Wildman–Crippen LogP) is 1.23. The van der Waals surface area contributed by atoms with Crippen LogP contribution in [0.3, 0.4) is 0 Å². The predicted molar refractivity (Wildman–Crippen MR) is 34.6 cm³/mol. The van der Waals surface area contributed by atoms with Crippen LogP contribution < -0.4 is 5.73 Å². The van der Waals surface area contributed by atoms with Gasteiger partial charge in [-0.1, -0.05) is 6.92 Å².